The van der Waals surface area contributed by atoms with E-state index in [2.05, 4.69) is 17.5 Å². The van der Waals surface area contributed by atoms with Crippen molar-refractivity contribution in [1.82, 2.24) is 0 Å². The van der Waals surface area contributed by atoms with Crippen LogP contribution in [-0.2, 0) is 4.79 Å². The predicted octanol–water partition coefficient (Wildman–Crippen LogP) is 3.03. The number of carboxylic acid groups (broad SMARTS) is 1. The maximum absolute atomic E-state index is 10.5. The Morgan fingerprint density at radius 1 is 1.64 bits per heavy atom. The van der Waals surface area contributed by atoms with E-state index < -0.39 is 5.97 Å². The van der Waals surface area contributed by atoms with Gasteiger partial charge in [-0.3, -0.25) is 0 Å². The molecule has 1 aliphatic rings. The molecule has 2 nitrogen and oxygen atoms in total. The normalized spacial score (nSPS) is 24.3. The first-order valence-electron chi connectivity index (χ1n) is 4.71. The number of thiophene rings is 1. The van der Waals surface area contributed by atoms with E-state index >= 15 is 0 Å². The van der Waals surface area contributed by atoms with Gasteiger partial charge in [0, 0.05) is 11.0 Å². The lowest BCUT2D eigenvalue weighted by Gasteiger charge is -2.03. The zero-order valence-corrected chi connectivity index (χ0v) is 8.59. The molecule has 14 heavy (non-hydrogen) atoms. The lowest BCUT2D eigenvalue weighted by atomic mass is 10.1. The van der Waals surface area contributed by atoms with Crippen molar-refractivity contribution in [3.05, 3.63) is 34.0 Å². The zero-order valence-electron chi connectivity index (χ0n) is 7.77. The van der Waals surface area contributed by atoms with Crippen molar-refractivity contribution in [2.75, 3.05) is 0 Å². The topological polar surface area (TPSA) is 37.3 Å². The third-order valence-corrected chi connectivity index (χ3v) is 3.63. The van der Waals surface area contributed by atoms with Crippen LogP contribution in [0.5, 0.6) is 0 Å². The van der Waals surface area contributed by atoms with Crippen LogP contribution in [0.4, 0.5) is 0 Å². The van der Waals surface area contributed by atoms with Gasteiger partial charge in [-0.1, -0.05) is 11.6 Å². The minimum atomic E-state index is -0.813. The molecule has 1 atom stereocenters. The van der Waals surface area contributed by atoms with Crippen LogP contribution < -0.4 is 0 Å². The monoisotopic (exact) mass is 208 g/mol. The quantitative estimate of drug-likeness (QED) is 0.758. The maximum atomic E-state index is 10.5. The SMILES string of the molecule is O=C(O)/C=C1\CCC(c2cccs2)C1. The fourth-order valence-corrected chi connectivity index (χ4v) is 2.82. The molecule has 1 fully saturated rings. The number of hydrogen-bond donors (Lipinski definition) is 1. The molecule has 1 saturated carbocycles. The van der Waals surface area contributed by atoms with Crippen molar-refractivity contribution >= 4 is 17.3 Å². The summed E-state index contributed by atoms with van der Waals surface area (Å²) >= 11 is 1.77. The molecule has 0 saturated heterocycles. The molecule has 0 aromatic carbocycles. The molecule has 0 amide bonds. The molecular weight excluding hydrogens is 196 g/mol. The smallest absolute Gasteiger partial charge is 0.328 e. The van der Waals surface area contributed by atoms with Crippen LogP contribution in [0.2, 0.25) is 0 Å². The fourth-order valence-electron chi connectivity index (χ4n) is 1.95. The Kier molecular flexibility index (Phi) is 2.68. The van der Waals surface area contributed by atoms with Crippen molar-refractivity contribution in [3.8, 4) is 0 Å². The molecule has 1 unspecified atom stereocenters. The summed E-state index contributed by atoms with van der Waals surface area (Å²) in [5, 5.41) is 10.7. The van der Waals surface area contributed by atoms with Crippen LogP contribution in [0.25, 0.3) is 0 Å². The van der Waals surface area contributed by atoms with E-state index in [1.807, 2.05) is 0 Å². The van der Waals surface area contributed by atoms with Gasteiger partial charge in [0.25, 0.3) is 0 Å². The van der Waals surface area contributed by atoms with Gasteiger partial charge in [0.05, 0.1) is 0 Å². The highest BCUT2D eigenvalue weighted by atomic mass is 32.1. The first-order chi connectivity index (χ1) is 6.75. The molecule has 0 bridgehead atoms. The van der Waals surface area contributed by atoms with Gasteiger partial charge in [-0.15, -0.1) is 11.3 Å². The molecule has 0 aliphatic heterocycles. The average molecular weight is 208 g/mol. The Morgan fingerprint density at radius 3 is 3.14 bits per heavy atom. The summed E-state index contributed by atoms with van der Waals surface area (Å²) in [5.74, 6) is -0.257. The molecule has 0 radical (unpaired) electrons. The minimum Gasteiger partial charge on any atom is -0.478 e. The molecule has 1 aromatic heterocycles. The Labute approximate surface area is 86.9 Å². The summed E-state index contributed by atoms with van der Waals surface area (Å²) in [5.41, 5.74) is 1.08. The van der Waals surface area contributed by atoms with Gasteiger partial charge in [-0.05, 0) is 36.6 Å². The van der Waals surface area contributed by atoms with E-state index in [1.54, 1.807) is 11.3 Å². The van der Waals surface area contributed by atoms with Gasteiger partial charge in [-0.25, -0.2) is 4.79 Å². The van der Waals surface area contributed by atoms with Crippen LogP contribution in [0.15, 0.2) is 29.2 Å². The molecule has 1 aromatic rings. The highest BCUT2D eigenvalue weighted by Gasteiger charge is 2.22. The molecule has 3 heteroatoms. The highest BCUT2D eigenvalue weighted by Crippen LogP contribution is 2.39. The highest BCUT2D eigenvalue weighted by molar-refractivity contribution is 7.10. The van der Waals surface area contributed by atoms with E-state index in [1.165, 1.54) is 11.0 Å². The van der Waals surface area contributed by atoms with Gasteiger partial charge in [0.1, 0.15) is 0 Å². The molecule has 1 aliphatic carbocycles. The van der Waals surface area contributed by atoms with E-state index in [4.69, 9.17) is 5.11 Å². The number of allylic oxidation sites excluding steroid dienone is 1. The third-order valence-electron chi connectivity index (χ3n) is 2.60. The number of rotatable bonds is 2. The standard InChI is InChI=1S/C11H12O2S/c12-11(13)7-8-3-4-9(6-8)10-2-1-5-14-10/h1-2,5,7,9H,3-4,6H2,(H,12,13)/b8-7+. The number of hydrogen-bond acceptors (Lipinski definition) is 2. The first-order valence-corrected chi connectivity index (χ1v) is 5.59. The molecule has 0 spiro atoms. The van der Waals surface area contributed by atoms with Gasteiger partial charge < -0.3 is 5.11 Å². The number of aliphatic carboxylic acids is 1. The Balaban J connectivity index is 2.05. The van der Waals surface area contributed by atoms with Crippen LogP contribution in [0.1, 0.15) is 30.1 Å². The zero-order chi connectivity index (χ0) is 9.97. The van der Waals surface area contributed by atoms with E-state index in [0.717, 1.165) is 24.8 Å². The van der Waals surface area contributed by atoms with Crippen molar-refractivity contribution < 1.29 is 9.90 Å². The number of carboxylic acids is 1. The van der Waals surface area contributed by atoms with Gasteiger partial charge in [0.2, 0.25) is 0 Å². The second-order valence-electron chi connectivity index (χ2n) is 3.60. The lowest BCUT2D eigenvalue weighted by Crippen LogP contribution is -1.90. The summed E-state index contributed by atoms with van der Waals surface area (Å²) in [6, 6.07) is 4.19. The van der Waals surface area contributed by atoms with Crippen molar-refractivity contribution in [2.24, 2.45) is 0 Å². The molecule has 74 valence electrons. The molecule has 1 N–H and O–H groups in total. The molecule has 2 rings (SSSR count). The van der Waals surface area contributed by atoms with E-state index in [0.29, 0.717) is 5.92 Å². The van der Waals surface area contributed by atoms with Gasteiger partial charge in [-0.2, -0.15) is 0 Å². The fraction of sp³-hybridized carbons (Fsp3) is 0.364. The van der Waals surface area contributed by atoms with Crippen molar-refractivity contribution in [1.29, 1.82) is 0 Å². The minimum absolute atomic E-state index is 0.556. The maximum Gasteiger partial charge on any atom is 0.328 e. The van der Waals surface area contributed by atoms with E-state index in [9.17, 15) is 4.79 Å². The summed E-state index contributed by atoms with van der Waals surface area (Å²) in [7, 11) is 0. The molecule has 1 heterocycles. The van der Waals surface area contributed by atoms with Crippen LogP contribution in [0.3, 0.4) is 0 Å². The van der Waals surface area contributed by atoms with Crippen molar-refractivity contribution in [2.45, 2.75) is 25.2 Å². The third kappa shape index (κ3) is 2.04. The van der Waals surface area contributed by atoms with Crippen LogP contribution in [0, 0.1) is 0 Å². The second-order valence-corrected chi connectivity index (χ2v) is 4.58. The average Bonchev–Trinajstić information content (AvgIpc) is 2.69. The Bertz CT molecular complexity index is 351. The Morgan fingerprint density at radius 2 is 2.50 bits per heavy atom. The number of carbonyl (C=O) groups is 1. The second kappa shape index (κ2) is 3.96. The Hall–Kier alpha value is -1.09. The van der Waals surface area contributed by atoms with Gasteiger partial charge >= 0.3 is 5.97 Å². The summed E-state index contributed by atoms with van der Waals surface area (Å²) in [6.45, 7) is 0. The lowest BCUT2D eigenvalue weighted by molar-refractivity contribution is -0.131. The van der Waals surface area contributed by atoms with E-state index in [-0.39, 0.29) is 0 Å². The summed E-state index contributed by atoms with van der Waals surface area (Å²) < 4.78 is 0. The first kappa shape index (κ1) is 9.46. The summed E-state index contributed by atoms with van der Waals surface area (Å²) in [4.78, 5) is 11.9. The largest absolute Gasteiger partial charge is 0.478 e. The van der Waals surface area contributed by atoms with Gasteiger partial charge in [0.15, 0.2) is 0 Å². The predicted molar refractivity (Wildman–Crippen MR) is 56.6 cm³/mol. The van der Waals surface area contributed by atoms with Crippen molar-refractivity contribution in [3.63, 3.8) is 0 Å². The molecular formula is C11H12O2S. The summed E-state index contributed by atoms with van der Waals surface area (Å²) in [6.07, 6.45) is 4.33. The van der Waals surface area contributed by atoms with Crippen LogP contribution in [-0.4, -0.2) is 11.1 Å². The van der Waals surface area contributed by atoms with Crippen LogP contribution >= 0.6 is 11.3 Å².